The van der Waals surface area contributed by atoms with Gasteiger partial charge in [0.1, 0.15) is 11.8 Å². The van der Waals surface area contributed by atoms with Gasteiger partial charge in [-0.15, -0.1) is 0 Å². The number of amides is 1. The minimum atomic E-state index is -0.318. The summed E-state index contributed by atoms with van der Waals surface area (Å²) >= 11 is 0. The zero-order chi connectivity index (χ0) is 17.6. The van der Waals surface area contributed by atoms with Crippen LogP contribution in [-0.4, -0.2) is 25.9 Å². The third-order valence-electron chi connectivity index (χ3n) is 4.04. The van der Waals surface area contributed by atoms with Crippen molar-refractivity contribution in [3.63, 3.8) is 0 Å². The molecule has 0 radical (unpaired) electrons. The Bertz CT molecular complexity index is 748. The Labute approximate surface area is 147 Å². The highest BCUT2D eigenvalue weighted by Crippen LogP contribution is 2.32. The number of ether oxygens (including phenoxy) is 3. The standard InChI is InChI=1S/C19H22N2O4/c1-3-16(21-14-5-4-6-15(10-14)23-2)19(22)20-11-13-7-8-17-18(9-13)25-12-24-17/h4-10,16,21H,3,11-12H2,1-2H3,(H,20,22)/t16-/m0/s1. The summed E-state index contributed by atoms with van der Waals surface area (Å²) in [6, 6.07) is 12.9. The van der Waals surface area contributed by atoms with Crippen molar-refractivity contribution < 1.29 is 19.0 Å². The zero-order valence-corrected chi connectivity index (χ0v) is 14.4. The smallest absolute Gasteiger partial charge is 0.242 e. The molecule has 6 nitrogen and oxygen atoms in total. The van der Waals surface area contributed by atoms with Crippen LogP contribution in [0.2, 0.25) is 0 Å². The molecule has 25 heavy (non-hydrogen) atoms. The lowest BCUT2D eigenvalue weighted by molar-refractivity contribution is -0.122. The first-order chi connectivity index (χ1) is 12.2. The Balaban J connectivity index is 1.58. The van der Waals surface area contributed by atoms with Crippen LogP contribution in [0.1, 0.15) is 18.9 Å². The van der Waals surface area contributed by atoms with Gasteiger partial charge >= 0.3 is 0 Å². The van der Waals surface area contributed by atoms with Gasteiger partial charge in [-0.1, -0.05) is 19.1 Å². The van der Waals surface area contributed by atoms with Crippen LogP contribution in [0.4, 0.5) is 5.69 Å². The molecule has 3 rings (SSSR count). The SMILES string of the molecule is CC[C@H](Nc1cccc(OC)c1)C(=O)NCc1ccc2c(c1)OCO2. The summed E-state index contributed by atoms with van der Waals surface area (Å²) in [5, 5.41) is 6.21. The van der Waals surface area contributed by atoms with E-state index in [4.69, 9.17) is 14.2 Å². The largest absolute Gasteiger partial charge is 0.497 e. The highest BCUT2D eigenvalue weighted by Gasteiger charge is 2.17. The highest BCUT2D eigenvalue weighted by molar-refractivity contribution is 5.84. The molecule has 1 atom stereocenters. The molecule has 132 valence electrons. The number of hydrogen-bond donors (Lipinski definition) is 2. The van der Waals surface area contributed by atoms with Gasteiger partial charge < -0.3 is 24.8 Å². The van der Waals surface area contributed by atoms with Crippen molar-refractivity contribution in [2.75, 3.05) is 19.2 Å². The van der Waals surface area contributed by atoms with Crippen LogP contribution in [0.3, 0.4) is 0 Å². The molecule has 1 aliphatic heterocycles. The minimum Gasteiger partial charge on any atom is -0.497 e. The first kappa shape index (κ1) is 17.0. The molecule has 6 heteroatoms. The van der Waals surface area contributed by atoms with E-state index in [-0.39, 0.29) is 18.7 Å². The summed E-state index contributed by atoms with van der Waals surface area (Å²) in [7, 11) is 1.62. The van der Waals surface area contributed by atoms with E-state index >= 15 is 0 Å². The van der Waals surface area contributed by atoms with E-state index in [0.717, 1.165) is 22.7 Å². The van der Waals surface area contributed by atoms with Gasteiger partial charge in [0.25, 0.3) is 0 Å². The predicted octanol–water partition coefficient (Wildman–Crippen LogP) is 2.93. The Morgan fingerprint density at radius 3 is 2.84 bits per heavy atom. The first-order valence-electron chi connectivity index (χ1n) is 8.26. The molecule has 2 aromatic rings. The van der Waals surface area contributed by atoms with Crippen LogP contribution in [0.15, 0.2) is 42.5 Å². The molecule has 1 amide bonds. The Morgan fingerprint density at radius 1 is 1.20 bits per heavy atom. The van der Waals surface area contributed by atoms with Gasteiger partial charge in [0.15, 0.2) is 11.5 Å². The number of benzene rings is 2. The van der Waals surface area contributed by atoms with E-state index in [2.05, 4.69) is 10.6 Å². The maximum atomic E-state index is 12.5. The second kappa shape index (κ2) is 7.79. The fourth-order valence-corrected chi connectivity index (χ4v) is 2.63. The second-order valence-corrected chi connectivity index (χ2v) is 5.74. The summed E-state index contributed by atoms with van der Waals surface area (Å²) in [6.45, 7) is 2.65. The van der Waals surface area contributed by atoms with Gasteiger partial charge in [0.05, 0.1) is 7.11 Å². The third-order valence-corrected chi connectivity index (χ3v) is 4.04. The van der Waals surface area contributed by atoms with E-state index in [0.29, 0.717) is 18.7 Å². The molecule has 1 aliphatic rings. The van der Waals surface area contributed by atoms with Gasteiger partial charge in [-0.05, 0) is 36.2 Å². The number of carbonyl (C=O) groups excluding carboxylic acids is 1. The van der Waals surface area contributed by atoms with Gasteiger partial charge in [0, 0.05) is 18.3 Å². The lowest BCUT2D eigenvalue weighted by Gasteiger charge is -2.18. The van der Waals surface area contributed by atoms with Crippen LogP contribution in [0.25, 0.3) is 0 Å². The average Bonchev–Trinajstić information content (AvgIpc) is 3.12. The average molecular weight is 342 g/mol. The molecule has 0 saturated carbocycles. The van der Waals surface area contributed by atoms with Gasteiger partial charge in [-0.2, -0.15) is 0 Å². The van der Waals surface area contributed by atoms with Crippen LogP contribution in [-0.2, 0) is 11.3 Å². The molecule has 2 N–H and O–H groups in total. The van der Waals surface area contributed by atoms with Crippen molar-refractivity contribution >= 4 is 11.6 Å². The summed E-state index contributed by atoms with van der Waals surface area (Å²) in [5.41, 5.74) is 1.82. The summed E-state index contributed by atoms with van der Waals surface area (Å²) < 4.78 is 15.9. The second-order valence-electron chi connectivity index (χ2n) is 5.74. The summed E-state index contributed by atoms with van der Waals surface area (Å²) in [4.78, 5) is 12.5. The minimum absolute atomic E-state index is 0.0528. The van der Waals surface area contributed by atoms with E-state index in [1.807, 2.05) is 49.4 Å². The number of rotatable bonds is 7. The Morgan fingerprint density at radius 2 is 2.04 bits per heavy atom. The molecular weight excluding hydrogens is 320 g/mol. The topological polar surface area (TPSA) is 68.8 Å². The molecule has 0 aromatic heterocycles. The summed E-state index contributed by atoms with van der Waals surface area (Å²) in [6.07, 6.45) is 0.671. The van der Waals surface area contributed by atoms with Gasteiger partial charge in [0.2, 0.25) is 12.7 Å². The third kappa shape index (κ3) is 4.15. The zero-order valence-electron chi connectivity index (χ0n) is 14.4. The summed E-state index contributed by atoms with van der Waals surface area (Å²) in [5.74, 6) is 2.15. The fraction of sp³-hybridized carbons (Fsp3) is 0.316. The number of carbonyl (C=O) groups is 1. The van der Waals surface area contributed by atoms with Crippen LogP contribution in [0.5, 0.6) is 17.2 Å². The monoisotopic (exact) mass is 342 g/mol. The van der Waals surface area contributed by atoms with Crippen LogP contribution >= 0.6 is 0 Å². The molecular formula is C19H22N2O4. The van der Waals surface area contributed by atoms with Gasteiger partial charge in [-0.3, -0.25) is 4.79 Å². The normalized spacial score (nSPS) is 13.2. The lowest BCUT2D eigenvalue weighted by Crippen LogP contribution is -2.38. The predicted molar refractivity (Wildman–Crippen MR) is 95.1 cm³/mol. The number of hydrogen-bond acceptors (Lipinski definition) is 5. The number of methoxy groups -OCH3 is 1. The number of anilines is 1. The molecule has 0 bridgehead atoms. The quantitative estimate of drug-likeness (QED) is 0.810. The molecule has 0 unspecified atom stereocenters. The van der Waals surface area contributed by atoms with Crippen LogP contribution in [0, 0.1) is 0 Å². The van der Waals surface area contributed by atoms with Crippen molar-refractivity contribution in [3.05, 3.63) is 48.0 Å². The first-order valence-corrected chi connectivity index (χ1v) is 8.26. The number of fused-ring (bicyclic) bond motifs is 1. The van der Waals surface area contributed by atoms with E-state index in [1.54, 1.807) is 7.11 Å². The van der Waals surface area contributed by atoms with E-state index in [1.165, 1.54) is 0 Å². The molecule has 0 aliphatic carbocycles. The molecule has 2 aromatic carbocycles. The van der Waals surface area contributed by atoms with Crippen molar-refractivity contribution in [3.8, 4) is 17.2 Å². The highest BCUT2D eigenvalue weighted by atomic mass is 16.7. The lowest BCUT2D eigenvalue weighted by atomic mass is 10.1. The Kier molecular flexibility index (Phi) is 5.28. The fourth-order valence-electron chi connectivity index (χ4n) is 2.63. The van der Waals surface area contributed by atoms with Crippen molar-refractivity contribution in [1.82, 2.24) is 5.32 Å². The maximum Gasteiger partial charge on any atom is 0.242 e. The van der Waals surface area contributed by atoms with Crippen molar-refractivity contribution in [2.45, 2.75) is 25.9 Å². The molecule has 0 saturated heterocycles. The van der Waals surface area contributed by atoms with Crippen molar-refractivity contribution in [1.29, 1.82) is 0 Å². The molecule has 0 fully saturated rings. The van der Waals surface area contributed by atoms with Crippen LogP contribution < -0.4 is 24.8 Å². The van der Waals surface area contributed by atoms with E-state index < -0.39 is 0 Å². The van der Waals surface area contributed by atoms with Gasteiger partial charge in [-0.25, -0.2) is 0 Å². The van der Waals surface area contributed by atoms with E-state index in [9.17, 15) is 4.79 Å². The molecule has 0 spiro atoms. The number of nitrogens with one attached hydrogen (secondary N) is 2. The van der Waals surface area contributed by atoms with Crippen molar-refractivity contribution in [2.24, 2.45) is 0 Å². The molecule has 1 heterocycles. The Hall–Kier alpha value is -2.89. The maximum absolute atomic E-state index is 12.5.